The molecule has 0 saturated heterocycles. The van der Waals surface area contributed by atoms with Gasteiger partial charge in [-0.25, -0.2) is 0 Å². The molecule has 0 aliphatic carbocycles. The molecule has 3 aromatic rings. The van der Waals surface area contributed by atoms with Crippen molar-refractivity contribution in [1.29, 1.82) is 0 Å². The van der Waals surface area contributed by atoms with Gasteiger partial charge in [-0.1, -0.05) is 36.4 Å². The summed E-state index contributed by atoms with van der Waals surface area (Å²) in [5.41, 5.74) is 3.66. The van der Waals surface area contributed by atoms with Crippen molar-refractivity contribution in [3.63, 3.8) is 0 Å². The van der Waals surface area contributed by atoms with Crippen LogP contribution in [0.25, 0.3) is 11.1 Å². The van der Waals surface area contributed by atoms with Gasteiger partial charge in [0.2, 0.25) is 0 Å². The molecule has 23 heavy (non-hydrogen) atoms. The molecular weight excluding hydrogens is 286 g/mol. The molecule has 0 aliphatic rings. The van der Waals surface area contributed by atoms with Crippen LogP contribution in [0.15, 0.2) is 73.2 Å². The molecule has 1 N–H and O–H groups in total. The zero-order chi connectivity index (χ0) is 15.9. The zero-order valence-corrected chi connectivity index (χ0v) is 12.6. The van der Waals surface area contributed by atoms with E-state index in [9.17, 15) is 4.79 Å². The Morgan fingerprint density at radius 2 is 1.70 bits per heavy atom. The number of nitrogens with one attached hydrogen (secondary N) is 1. The van der Waals surface area contributed by atoms with Crippen molar-refractivity contribution in [3.05, 3.63) is 84.4 Å². The lowest BCUT2D eigenvalue weighted by atomic mass is 10.1. The molecule has 4 heteroatoms. The number of aromatic nitrogens is 2. The fourth-order valence-electron chi connectivity index (χ4n) is 2.29. The van der Waals surface area contributed by atoms with Crippen LogP contribution in [0.3, 0.4) is 0 Å². The number of nitrogens with zero attached hydrogens (tertiary/aromatic N) is 2. The van der Waals surface area contributed by atoms with E-state index in [1.54, 1.807) is 24.7 Å². The van der Waals surface area contributed by atoms with Crippen molar-refractivity contribution >= 4 is 5.91 Å². The first kappa shape index (κ1) is 14.9. The second kappa shape index (κ2) is 7.31. The van der Waals surface area contributed by atoms with Gasteiger partial charge in [-0.15, -0.1) is 0 Å². The first-order valence-corrected chi connectivity index (χ1v) is 7.51. The molecule has 0 spiro atoms. The van der Waals surface area contributed by atoms with E-state index in [0.29, 0.717) is 12.2 Å². The van der Waals surface area contributed by atoms with Crippen molar-refractivity contribution in [2.24, 2.45) is 0 Å². The number of carbonyl (C=O) groups is 1. The van der Waals surface area contributed by atoms with Crippen molar-refractivity contribution in [2.45, 2.75) is 6.42 Å². The van der Waals surface area contributed by atoms with E-state index in [1.165, 1.54) is 0 Å². The van der Waals surface area contributed by atoms with Crippen LogP contribution >= 0.6 is 0 Å². The van der Waals surface area contributed by atoms with Crippen LogP contribution in [0.5, 0.6) is 0 Å². The van der Waals surface area contributed by atoms with Crippen LogP contribution in [0.1, 0.15) is 16.1 Å². The van der Waals surface area contributed by atoms with Gasteiger partial charge < -0.3 is 5.32 Å². The van der Waals surface area contributed by atoms with E-state index in [-0.39, 0.29) is 5.91 Å². The molecule has 0 radical (unpaired) electrons. The van der Waals surface area contributed by atoms with Gasteiger partial charge in [-0.05, 0) is 35.7 Å². The number of rotatable bonds is 5. The molecule has 1 aromatic carbocycles. The van der Waals surface area contributed by atoms with Crippen molar-refractivity contribution in [1.82, 2.24) is 15.3 Å². The second-order valence-electron chi connectivity index (χ2n) is 5.16. The zero-order valence-electron chi connectivity index (χ0n) is 12.6. The highest BCUT2D eigenvalue weighted by Crippen LogP contribution is 2.17. The van der Waals surface area contributed by atoms with E-state index in [0.717, 1.165) is 23.1 Å². The minimum absolute atomic E-state index is 0.154. The predicted molar refractivity (Wildman–Crippen MR) is 89.9 cm³/mol. The number of benzene rings is 1. The first-order valence-electron chi connectivity index (χ1n) is 7.51. The van der Waals surface area contributed by atoms with E-state index in [1.807, 2.05) is 48.5 Å². The average molecular weight is 303 g/mol. The molecule has 4 nitrogen and oxygen atoms in total. The smallest absolute Gasteiger partial charge is 0.269 e. The summed E-state index contributed by atoms with van der Waals surface area (Å²) in [6.45, 7) is 0.574. The van der Waals surface area contributed by atoms with Crippen molar-refractivity contribution in [3.8, 4) is 11.1 Å². The largest absolute Gasteiger partial charge is 0.350 e. The van der Waals surface area contributed by atoms with Crippen LogP contribution in [0, 0.1) is 0 Å². The number of hydrogen-bond donors (Lipinski definition) is 1. The Bertz CT molecular complexity index is 756. The summed E-state index contributed by atoms with van der Waals surface area (Å²) < 4.78 is 0. The van der Waals surface area contributed by atoms with Gasteiger partial charge in [0, 0.05) is 30.7 Å². The lowest BCUT2D eigenvalue weighted by Crippen LogP contribution is -2.26. The van der Waals surface area contributed by atoms with Gasteiger partial charge >= 0.3 is 0 Å². The number of hydrogen-bond acceptors (Lipinski definition) is 3. The monoisotopic (exact) mass is 303 g/mol. The molecule has 0 fully saturated rings. The average Bonchev–Trinajstić information content (AvgIpc) is 2.63. The summed E-state index contributed by atoms with van der Waals surface area (Å²) in [5.74, 6) is -0.154. The maximum absolute atomic E-state index is 12.1. The quantitative estimate of drug-likeness (QED) is 0.788. The summed E-state index contributed by atoms with van der Waals surface area (Å²) in [4.78, 5) is 20.3. The highest BCUT2D eigenvalue weighted by Gasteiger charge is 2.07. The molecule has 0 atom stereocenters. The SMILES string of the molecule is O=C(NCCc1ccncc1)c1ccc(-c2ccccc2)cn1. The highest BCUT2D eigenvalue weighted by atomic mass is 16.1. The Labute approximate surface area is 135 Å². The van der Waals surface area contributed by atoms with Crippen LogP contribution in [0.4, 0.5) is 0 Å². The van der Waals surface area contributed by atoms with E-state index < -0.39 is 0 Å². The fraction of sp³-hybridized carbons (Fsp3) is 0.105. The Morgan fingerprint density at radius 1 is 0.913 bits per heavy atom. The van der Waals surface area contributed by atoms with E-state index in [4.69, 9.17) is 0 Å². The van der Waals surface area contributed by atoms with Gasteiger partial charge in [0.05, 0.1) is 0 Å². The van der Waals surface area contributed by atoms with Crippen LogP contribution < -0.4 is 5.32 Å². The molecule has 114 valence electrons. The van der Waals surface area contributed by atoms with E-state index >= 15 is 0 Å². The Balaban J connectivity index is 1.58. The summed E-state index contributed by atoms with van der Waals surface area (Å²) in [7, 11) is 0. The molecule has 0 unspecified atom stereocenters. The Kier molecular flexibility index (Phi) is 4.74. The molecule has 0 saturated carbocycles. The molecule has 2 heterocycles. The van der Waals surface area contributed by atoms with Gasteiger partial charge in [-0.3, -0.25) is 14.8 Å². The molecule has 3 rings (SSSR count). The topological polar surface area (TPSA) is 54.9 Å². The Hall–Kier alpha value is -3.01. The van der Waals surface area contributed by atoms with Crippen molar-refractivity contribution < 1.29 is 4.79 Å². The van der Waals surface area contributed by atoms with Gasteiger partial charge in [0.15, 0.2) is 0 Å². The predicted octanol–water partition coefficient (Wildman–Crippen LogP) is 3.12. The minimum atomic E-state index is -0.154. The van der Waals surface area contributed by atoms with Crippen molar-refractivity contribution in [2.75, 3.05) is 6.54 Å². The molecule has 0 bridgehead atoms. The van der Waals surface area contributed by atoms with Gasteiger partial charge in [0.25, 0.3) is 5.91 Å². The standard InChI is InChI=1S/C19H17N3O/c23-19(21-13-10-15-8-11-20-12-9-15)18-7-6-17(14-22-18)16-4-2-1-3-5-16/h1-9,11-12,14H,10,13H2,(H,21,23). The second-order valence-corrected chi connectivity index (χ2v) is 5.16. The summed E-state index contributed by atoms with van der Waals surface area (Å²) in [6, 6.07) is 17.5. The third-order valence-corrected chi connectivity index (χ3v) is 3.55. The molecule has 2 aromatic heterocycles. The number of amides is 1. The van der Waals surface area contributed by atoms with Crippen LogP contribution in [-0.4, -0.2) is 22.4 Å². The van der Waals surface area contributed by atoms with Crippen LogP contribution in [-0.2, 0) is 6.42 Å². The Morgan fingerprint density at radius 3 is 2.39 bits per heavy atom. The highest BCUT2D eigenvalue weighted by molar-refractivity contribution is 5.92. The van der Waals surface area contributed by atoms with Gasteiger partial charge in [0.1, 0.15) is 5.69 Å². The maximum atomic E-state index is 12.1. The summed E-state index contributed by atoms with van der Waals surface area (Å²) in [6.07, 6.45) is 6.01. The third-order valence-electron chi connectivity index (χ3n) is 3.55. The lowest BCUT2D eigenvalue weighted by molar-refractivity contribution is 0.0949. The minimum Gasteiger partial charge on any atom is -0.350 e. The van der Waals surface area contributed by atoms with Crippen LogP contribution in [0.2, 0.25) is 0 Å². The molecule has 0 aliphatic heterocycles. The third kappa shape index (κ3) is 4.01. The first-order chi connectivity index (χ1) is 11.3. The lowest BCUT2D eigenvalue weighted by Gasteiger charge is -2.06. The normalized spacial score (nSPS) is 10.3. The summed E-state index contributed by atoms with van der Waals surface area (Å²) in [5, 5.41) is 2.88. The molecule has 1 amide bonds. The number of pyridine rings is 2. The maximum Gasteiger partial charge on any atom is 0.269 e. The number of carbonyl (C=O) groups excluding carboxylic acids is 1. The van der Waals surface area contributed by atoms with Gasteiger partial charge in [-0.2, -0.15) is 0 Å². The van der Waals surface area contributed by atoms with E-state index in [2.05, 4.69) is 15.3 Å². The fourth-order valence-corrected chi connectivity index (χ4v) is 2.29. The molecular formula is C19H17N3O. The summed E-state index contributed by atoms with van der Waals surface area (Å²) >= 11 is 0.